The van der Waals surface area contributed by atoms with E-state index < -0.39 is 49.9 Å². The number of ether oxygens (including phenoxy) is 2. The molecule has 0 aromatic heterocycles. The molecule has 0 N–H and O–H groups in total. The second-order valence-electron chi connectivity index (χ2n) is 6.91. The lowest BCUT2D eigenvalue weighted by molar-refractivity contribution is -0.387. The summed E-state index contributed by atoms with van der Waals surface area (Å²) in [6.45, 7) is -0.0471. The molecule has 1 saturated heterocycles. The van der Waals surface area contributed by atoms with Crippen molar-refractivity contribution in [2.24, 2.45) is 0 Å². The monoisotopic (exact) mass is 430 g/mol. The molecule has 1 heterocycles. The van der Waals surface area contributed by atoms with E-state index in [4.69, 9.17) is 9.47 Å². The first-order chi connectivity index (χ1) is 14.4. The third kappa shape index (κ3) is 3.66. The van der Waals surface area contributed by atoms with E-state index in [1.54, 1.807) is 42.5 Å². The summed E-state index contributed by atoms with van der Waals surface area (Å²) in [5, 5.41) is 11.5. The Morgan fingerprint density at radius 2 is 1.77 bits per heavy atom. The number of carbonyl (C=O) groups is 1. The normalized spacial score (nSPS) is 23.0. The van der Waals surface area contributed by atoms with Gasteiger partial charge >= 0.3 is 6.16 Å². The maximum atomic E-state index is 13.6. The molecule has 1 aliphatic carbocycles. The molecule has 1 aliphatic heterocycles. The van der Waals surface area contributed by atoms with Crippen molar-refractivity contribution in [3.63, 3.8) is 0 Å². The van der Waals surface area contributed by atoms with Gasteiger partial charge in [-0.3, -0.25) is 10.1 Å². The summed E-state index contributed by atoms with van der Waals surface area (Å²) in [6, 6.07) is 13.3. The maximum Gasteiger partial charge on any atom is 0.509 e. The minimum atomic E-state index is -4.32. The fourth-order valence-corrected chi connectivity index (χ4v) is 5.49. The Kier molecular flexibility index (Phi) is 5.27. The van der Waals surface area contributed by atoms with Crippen LogP contribution in [0.25, 0.3) is 0 Å². The molecule has 2 aromatic carbocycles. The summed E-state index contributed by atoms with van der Waals surface area (Å²) in [5.41, 5.74) is 0.175. The molecule has 0 unspecified atom stereocenters. The number of hydrogen-bond donors (Lipinski definition) is 0. The molecular weight excluding hydrogens is 412 g/mol. The number of sulfonamides is 1. The second kappa shape index (κ2) is 7.88. The zero-order valence-electron chi connectivity index (χ0n) is 15.7. The van der Waals surface area contributed by atoms with Gasteiger partial charge in [0, 0.05) is 12.6 Å². The zero-order chi connectivity index (χ0) is 21.3. The highest BCUT2D eigenvalue weighted by atomic mass is 32.2. The van der Waals surface area contributed by atoms with Gasteiger partial charge in [-0.25, -0.2) is 13.2 Å². The Balaban J connectivity index is 1.81. The van der Waals surface area contributed by atoms with Gasteiger partial charge in [-0.05, 0) is 24.1 Å². The number of nitro benzene ring substituents is 1. The van der Waals surface area contributed by atoms with Gasteiger partial charge in [0.25, 0.3) is 15.7 Å². The standard InChI is InChI=1S/C20H18N2O7S/c23-20-28-17-11-6-10-16(19(17)29-20)21(13-14-7-2-1-3-8-14)30(26,27)18-12-5-4-9-15(18)22(24)25/h1-9,11-12,16-17,19H,10,13H2/t16-,17+,19-/m0/s1. The van der Waals surface area contributed by atoms with Gasteiger partial charge in [0.2, 0.25) is 0 Å². The number of rotatable bonds is 6. The van der Waals surface area contributed by atoms with Crippen molar-refractivity contribution in [3.05, 3.63) is 82.4 Å². The fourth-order valence-electron chi connectivity index (χ4n) is 3.69. The average Bonchev–Trinajstić information content (AvgIpc) is 3.13. The van der Waals surface area contributed by atoms with E-state index in [1.807, 2.05) is 0 Å². The molecule has 10 heteroatoms. The minimum Gasteiger partial charge on any atom is -0.425 e. The van der Waals surface area contributed by atoms with Crippen LogP contribution in [0.4, 0.5) is 10.5 Å². The smallest absolute Gasteiger partial charge is 0.425 e. The highest BCUT2D eigenvalue weighted by Crippen LogP contribution is 2.35. The lowest BCUT2D eigenvalue weighted by atomic mass is 9.96. The van der Waals surface area contributed by atoms with Crippen molar-refractivity contribution in [3.8, 4) is 0 Å². The molecule has 0 saturated carbocycles. The molecule has 0 amide bonds. The van der Waals surface area contributed by atoms with Gasteiger partial charge in [0.15, 0.2) is 17.1 Å². The Bertz CT molecular complexity index is 1100. The van der Waals surface area contributed by atoms with Gasteiger partial charge in [0.05, 0.1) is 11.0 Å². The quantitative estimate of drug-likeness (QED) is 0.299. The van der Waals surface area contributed by atoms with E-state index in [-0.39, 0.29) is 13.0 Å². The minimum absolute atomic E-state index is 0.0471. The molecule has 2 aliphatic rings. The predicted octanol–water partition coefficient (Wildman–Crippen LogP) is 3.02. The Morgan fingerprint density at radius 1 is 1.07 bits per heavy atom. The molecule has 0 spiro atoms. The number of carbonyl (C=O) groups excluding carboxylic acids is 1. The lowest BCUT2D eigenvalue weighted by Crippen LogP contribution is -2.50. The number of nitro groups is 1. The van der Waals surface area contributed by atoms with E-state index in [1.165, 1.54) is 18.2 Å². The summed E-state index contributed by atoms with van der Waals surface area (Å²) in [7, 11) is -4.32. The first-order valence-electron chi connectivity index (χ1n) is 9.21. The summed E-state index contributed by atoms with van der Waals surface area (Å²) in [6.07, 6.45) is 1.22. The van der Waals surface area contributed by atoms with Crippen LogP contribution in [0.1, 0.15) is 12.0 Å². The van der Waals surface area contributed by atoms with Crippen molar-refractivity contribution < 1.29 is 27.6 Å². The number of para-hydroxylation sites is 1. The molecule has 0 radical (unpaired) electrons. The molecule has 0 bridgehead atoms. The SMILES string of the molecule is O=C1O[C@@H]2[C@@H](C=CC[C@@H]2N(Cc2ccccc2)S(=O)(=O)c2ccccc2[N+](=O)[O-])O1. The Morgan fingerprint density at radius 3 is 2.50 bits per heavy atom. The van der Waals surface area contributed by atoms with Crippen molar-refractivity contribution >= 4 is 21.9 Å². The van der Waals surface area contributed by atoms with Crippen LogP contribution in [-0.2, 0) is 26.0 Å². The average molecular weight is 430 g/mol. The van der Waals surface area contributed by atoms with Crippen molar-refractivity contribution in [1.82, 2.24) is 4.31 Å². The topological polar surface area (TPSA) is 116 Å². The van der Waals surface area contributed by atoms with Crippen LogP contribution >= 0.6 is 0 Å². The molecule has 4 rings (SSSR count). The van der Waals surface area contributed by atoms with Gasteiger partial charge in [-0.1, -0.05) is 48.5 Å². The lowest BCUT2D eigenvalue weighted by Gasteiger charge is -2.35. The highest BCUT2D eigenvalue weighted by Gasteiger charge is 2.48. The Labute approximate surface area is 172 Å². The van der Waals surface area contributed by atoms with Crippen LogP contribution < -0.4 is 0 Å². The van der Waals surface area contributed by atoms with Crippen LogP contribution in [-0.4, -0.2) is 42.1 Å². The molecule has 156 valence electrons. The molecule has 9 nitrogen and oxygen atoms in total. The molecule has 30 heavy (non-hydrogen) atoms. The Hall–Kier alpha value is -3.24. The highest BCUT2D eigenvalue weighted by molar-refractivity contribution is 7.89. The van der Waals surface area contributed by atoms with Gasteiger partial charge in [0.1, 0.15) is 0 Å². The number of fused-ring (bicyclic) bond motifs is 1. The molecule has 2 aromatic rings. The summed E-state index contributed by atoms with van der Waals surface area (Å²) < 4.78 is 38.8. The first kappa shape index (κ1) is 20.0. The number of nitrogens with zero attached hydrogens (tertiary/aromatic N) is 2. The first-order valence-corrected chi connectivity index (χ1v) is 10.6. The third-order valence-electron chi connectivity index (χ3n) is 5.07. The second-order valence-corrected chi connectivity index (χ2v) is 8.77. The van der Waals surface area contributed by atoms with E-state index in [2.05, 4.69) is 0 Å². The largest absolute Gasteiger partial charge is 0.509 e. The van der Waals surface area contributed by atoms with Crippen LogP contribution in [0.15, 0.2) is 71.6 Å². The van der Waals surface area contributed by atoms with Crippen LogP contribution in [0.3, 0.4) is 0 Å². The molecule has 1 fully saturated rings. The van der Waals surface area contributed by atoms with E-state index in [0.29, 0.717) is 5.56 Å². The van der Waals surface area contributed by atoms with E-state index in [0.717, 1.165) is 10.4 Å². The number of benzene rings is 2. The van der Waals surface area contributed by atoms with Crippen molar-refractivity contribution in [1.29, 1.82) is 0 Å². The molecular formula is C20H18N2O7S. The van der Waals surface area contributed by atoms with E-state index in [9.17, 15) is 23.3 Å². The number of hydrogen-bond acceptors (Lipinski definition) is 7. The van der Waals surface area contributed by atoms with Crippen molar-refractivity contribution in [2.75, 3.05) is 0 Å². The van der Waals surface area contributed by atoms with Crippen molar-refractivity contribution in [2.45, 2.75) is 36.1 Å². The van der Waals surface area contributed by atoms with E-state index >= 15 is 0 Å². The summed E-state index contributed by atoms with van der Waals surface area (Å²) in [4.78, 5) is 22.0. The van der Waals surface area contributed by atoms with Gasteiger partial charge < -0.3 is 9.47 Å². The summed E-state index contributed by atoms with van der Waals surface area (Å²) in [5.74, 6) is 0. The van der Waals surface area contributed by atoms with Gasteiger partial charge in [-0.15, -0.1) is 0 Å². The fraction of sp³-hybridized carbons (Fsp3) is 0.250. The van der Waals surface area contributed by atoms with Crippen LogP contribution in [0, 0.1) is 10.1 Å². The predicted molar refractivity (Wildman–Crippen MR) is 105 cm³/mol. The maximum absolute atomic E-state index is 13.6. The molecule has 3 atom stereocenters. The zero-order valence-corrected chi connectivity index (χ0v) is 16.5. The third-order valence-corrected chi connectivity index (χ3v) is 6.99. The summed E-state index contributed by atoms with van der Waals surface area (Å²) >= 11 is 0. The van der Waals surface area contributed by atoms with Gasteiger partial charge in [-0.2, -0.15) is 4.31 Å². The van der Waals surface area contributed by atoms with Crippen LogP contribution in [0.2, 0.25) is 0 Å². The van der Waals surface area contributed by atoms with Crippen LogP contribution in [0.5, 0.6) is 0 Å².